The number of aromatic nitrogens is 3. The fraction of sp³-hybridized carbons (Fsp3) is 0.250. The van der Waals surface area contributed by atoms with Crippen LogP contribution in [0.1, 0.15) is 23.2 Å². The first kappa shape index (κ1) is 16.6. The Bertz CT molecular complexity index is 1060. The zero-order chi connectivity index (χ0) is 18.3. The van der Waals surface area contributed by atoms with Gasteiger partial charge in [-0.05, 0) is 25.0 Å². The molecule has 0 saturated carbocycles. The first-order valence-corrected chi connectivity index (χ1v) is 8.75. The zero-order valence-corrected chi connectivity index (χ0v) is 14.2. The van der Waals surface area contributed by atoms with Gasteiger partial charge in [-0.25, -0.2) is 13.8 Å². The highest BCUT2D eigenvalue weighted by molar-refractivity contribution is 7.20. The third-order valence-corrected chi connectivity index (χ3v) is 5.06. The van der Waals surface area contributed by atoms with Gasteiger partial charge in [0, 0.05) is 25.4 Å². The van der Waals surface area contributed by atoms with Gasteiger partial charge in [-0.15, -0.1) is 5.10 Å². The lowest BCUT2D eigenvalue weighted by molar-refractivity contribution is 0.102. The summed E-state index contributed by atoms with van der Waals surface area (Å²) >= 11 is 1.26. The van der Waals surface area contributed by atoms with Gasteiger partial charge in [0.1, 0.15) is 17.2 Å². The number of anilines is 2. The Hall–Kier alpha value is -2.88. The molecule has 10 heteroatoms. The van der Waals surface area contributed by atoms with Crippen LogP contribution in [-0.2, 0) is 0 Å². The van der Waals surface area contributed by atoms with Crippen LogP contribution >= 0.6 is 11.3 Å². The topological polar surface area (TPSA) is 79.6 Å². The predicted octanol–water partition coefficient (Wildman–Crippen LogP) is 2.28. The summed E-state index contributed by atoms with van der Waals surface area (Å²) in [5, 5.41) is 7.11. The van der Waals surface area contributed by atoms with Gasteiger partial charge in [0.15, 0.2) is 0 Å². The van der Waals surface area contributed by atoms with Crippen LogP contribution in [0.5, 0.6) is 0 Å². The molecule has 0 unspecified atom stereocenters. The van der Waals surface area contributed by atoms with Gasteiger partial charge in [0.05, 0.1) is 5.69 Å². The van der Waals surface area contributed by atoms with E-state index in [2.05, 4.69) is 20.3 Å². The summed E-state index contributed by atoms with van der Waals surface area (Å²) in [5.74, 6) is -2.39. The summed E-state index contributed by atoms with van der Waals surface area (Å²) < 4.78 is 28.0. The predicted molar refractivity (Wildman–Crippen MR) is 92.9 cm³/mol. The highest BCUT2D eigenvalue weighted by Gasteiger charge is 2.21. The average molecular weight is 377 g/mol. The standard InChI is InChI=1S/C16H13F2N5O2S/c17-9-3-4-11(18)12(7-9)20-13(24)10-8-19-15-23(14(10)25)21-16(26-15)22-5-1-2-6-22/h3-4,7-8H,1-2,5-6H2,(H,20,24). The van der Waals surface area contributed by atoms with Gasteiger partial charge < -0.3 is 10.2 Å². The molecule has 3 aromatic rings. The van der Waals surface area contributed by atoms with Crippen molar-refractivity contribution in [1.82, 2.24) is 14.6 Å². The molecule has 1 N–H and O–H groups in total. The number of rotatable bonds is 3. The summed E-state index contributed by atoms with van der Waals surface area (Å²) in [6, 6.07) is 2.66. The molecule has 1 saturated heterocycles. The minimum Gasteiger partial charge on any atom is -0.347 e. The van der Waals surface area contributed by atoms with E-state index in [-0.39, 0.29) is 11.3 Å². The molecule has 26 heavy (non-hydrogen) atoms. The normalized spacial score (nSPS) is 14.2. The molecule has 1 fully saturated rings. The molecule has 0 aliphatic carbocycles. The molecule has 1 amide bonds. The summed E-state index contributed by atoms with van der Waals surface area (Å²) in [6.07, 6.45) is 3.24. The molecule has 0 radical (unpaired) electrons. The van der Waals surface area contributed by atoms with Crippen molar-refractivity contribution in [3.63, 3.8) is 0 Å². The first-order chi connectivity index (χ1) is 12.5. The van der Waals surface area contributed by atoms with E-state index in [4.69, 9.17) is 0 Å². The lowest BCUT2D eigenvalue weighted by atomic mass is 10.2. The summed E-state index contributed by atoms with van der Waals surface area (Å²) in [6.45, 7) is 1.72. The minimum absolute atomic E-state index is 0.301. The van der Waals surface area contributed by atoms with Crippen LogP contribution in [0.2, 0.25) is 0 Å². The second-order valence-electron chi connectivity index (χ2n) is 5.83. The van der Waals surface area contributed by atoms with Crippen molar-refractivity contribution in [2.24, 2.45) is 0 Å². The molecule has 3 heterocycles. The zero-order valence-electron chi connectivity index (χ0n) is 13.4. The smallest absolute Gasteiger partial charge is 0.288 e. The molecule has 0 atom stereocenters. The number of nitrogens with one attached hydrogen (secondary N) is 1. The van der Waals surface area contributed by atoms with E-state index in [0.29, 0.717) is 10.1 Å². The second kappa shape index (κ2) is 6.45. The van der Waals surface area contributed by atoms with Crippen molar-refractivity contribution in [2.75, 3.05) is 23.3 Å². The number of halogens is 2. The van der Waals surface area contributed by atoms with E-state index in [1.54, 1.807) is 0 Å². The maximum absolute atomic E-state index is 13.7. The van der Waals surface area contributed by atoms with Gasteiger partial charge >= 0.3 is 0 Å². The average Bonchev–Trinajstić information content (AvgIpc) is 3.27. The molecule has 4 rings (SSSR count). The van der Waals surface area contributed by atoms with Crippen LogP contribution < -0.4 is 15.8 Å². The third kappa shape index (κ3) is 2.92. The van der Waals surface area contributed by atoms with Crippen LogP contribution in [0.3, 0.4) is 0 Å². The van der Waals surface area contributed by atoms with Crippen molar-refractivity contribution < 1.29 is 13.6 Å². The molecular weight excluding hydrogens is 364 g/mol. The molecule has 0 bridgehead atoms. The number of amides is 1. The van der Waals surface area contributed by atoms with Gasteiger partial charge in [0.2, 0.25) is 10.1 Å². The summed E-state index contributed by atoms with van der Waals surface area (Å²) in [4.78, 5) is 31.4. The molecule has 2 aromatic heterocycles. The van der Waals surface area contributed by atoms with Gasteiger partial charge in [-0.3, -0.25) is 9.59 Å². The second-order valence-corrected chi connectivity index (χ2v) is 6.76. The Morgan fingerprint density at radius 1 is 1.23 bits per heavy atom. The van der Waals surface area contributed by atoms with E-state index >= 15 is 0 Å². The SMILES string of the molecule is O=C(Nc1cc(F)ccc1F)c1cnc2sc(N3CCCC3)nn2c1=O. The third-order valence-electron chi connectivity index (χ3n) is 4.07. The van der Waals surface area contributed by atoms with Crippen LogP contribution in [-0.4, -0.2) is 33.6 Å². The monoisotopic (exact) mass is 377 g/mol. The number of fused-ring (bicyclic) bond motifs is 1. The minimum atomic E-state index is -0.878. The molecular formula is C16H13F2N5O2S. The van der Waals surface area contributed by atoms with Crippen LogP contribution in [0, 0.1) is 11.6 Å². The maximum Gasteiger partial charge on any atom is 0.288 e. The van der Waals surface area contributed by atoms with Crippen molar-refractivity contribution >= 4 is 33.0 Å². The number of carbonyl (C=O) groups is 1. The quantitative estimate of drug-likeness (QED) is 0.758. The summed E-state index contributed by atoms with van der Waals surface area (Å²) in [5.41, 5.74) is -1.31. The van der Waals surface area contributed by atoms with Crippen molar-refractivity contribution in [1.29, 1.82) is 0 Å². The maximum atomic E-state index is 13.7. The Balaban J connectivity index is 1.67. The lowest BCUT2D eigenvalue weighted by Crippen LogP contribution is -2.27. The number of nitrogens with zero attached hydrogens (tertiary/aromatic N) is 4. The number of benzene rings is 1. The Morgan fingerprint density at radius 2 is 2.00 bits per heavy atom. The van der Waals surface area contributed by atoms with E-state index in [0.717, 1.165) is 54.8 Å². The molecule has 1 aliphatic rings. The van der Waals surface area contributed by atoms with Gasteiger partial charge in [-0.1, -0.05) is 11.3 Å². The molecule has 7 nitrogen and oxygen atoms in total. The van der Waals surface area contributed by atoms with Gasteiger partial charge in [-0.2, -0.15) is 4.52 Å². The largest absolute Gasteiger partial charge is 0.347 e. The molecule has 1 aromatic carbocycles. The number of hydrogen-bond acceptors (Lipinski definition) is 6. The number of carbonyl (C=O) groups excluding carboxylic acids is 1. The molecule has 1 aliphatic heterocycles. The fourth-order valence-corrected chi connectivity index (χ4v) is 3.66. The molecule has 0 spiro atoms. The van der Waals surface area contributed by atoms with Crippen molar-refractivity contribution in [2.45, 2.75) is 12.8 Å². The molecule has 134 valence electrons. The van der Waals surface area contributed by atoms with Crippen molar-refractivity contribution in [3.05, 3.63) is 51.9 Å². The van der Waals surface area contributed by atoms with E-state index in [9.17, 15) is 18.4 Å². The Morgan fingerprint density at radius 3 is 2.77 bits per heavy atom. The Kier molecular flexibility index (Phi) is 4.11. The Labute approximate surface area is 149 Å². The van der Waals surface area contributed by atoms with Crippen LogP contribution in [0.4, 0.5) is 19.6 Å². The van der Waals surface area contributed by atoms with Crippen LogP contribution in [0.15, 0.2) is 29.2 Å². The highest BCUT2D eigenvalue weighted by atomic mass is 32.1. The van der Waals surface area contributed by atoms with Crippen molar-refractivity contribution in [3.8, 4) is 0 Å². The van der Waals surface area contributed by atoms with E-state index in [1.807, 2.05) is 0 Å². The summed E-state index contributed by atoms with van der Waals surface area (Å²) in [7, 11) is 0. The van der Waals surface area contributed by atoms with E-state index in [1.165, 1.54) is 11.3 Å². The fourth-order valence-electron chi connectivity index (χ4n) is 2.75. The lowest BCUT2D eigenvalue weighted by Gasteiger charge is -2.10. The first-order valence-electron chi connectivity index (χ1n) is 7.93. The highest BCUT2D eigenvalue weighted by Crippen LogP contribution is 2.24. The van der Waals surface area contributed by atoms with Gasteiger partial charge in [0.25, 0.3) is 11.5 Å². The van der Waals surface area contributed by atoms with E-state index < -0.39 is 23.1 Å². The number of hydrogen-bond donors (Lipinski definition) is 1. The van der Waals surface area contributed by atoms with Crippen LogP contribution in [0.25, 0.3) is 4.96 Å².